The average Bonchev–Trinajstić information content (AvgIpc) is 2.02. The standard InChI is InChI=1S/C10H13FO2S/c1-3-4-8-5-6-10(9(11)7-8)14(2,12)13/h5-7H,3-4H2,1-2H3. The molecule has 0 aliphatic rings. The Labute approximate surface area is 83.7 Å². The van der Waals surface area contributed by atoms with Gasteiger partial charge >= 0.3 is 0 Å². The Bertz CT molecular complexity index is 424. The zero-order valence-electron chi connectivity index (χ0n) is 8.25. The van der Waals surface area contributed by atoms with Crippen LogP contribution in [0.1, 0.15) is 18.9 Å². The van der Waals surface area contributed by atoms with E-state index in [9.17, 15) is 12.8 Å². The number of hydrogen-bond donors (Lipinski definition) is 0. The van der Waals surface area contributed by atoms with Gasteiger partial charge in [0, 0.05) is 6.26 Å². The van der Waals surface area contributed by atoms with Gasteiger partial charge in [-0.25, -0.2) is 12.8 Å². The van der Waals surface area contributed by atoms with Gasteiger partial charge in [-0.3, -0.25) is 0 Å². The molecule has 78 valence electrons. The molecule has 0 radical (unpaired) electrons. The Balaban J connectivity index is 3.15. The Morgan fingerprint density at radius 3 is 2.43 bits per heavy atom. The zero-order chi connectivity index (χ0) is 10.8. The lowest BCUT2D eigenvalue weighted by Crippen LogP contribution is -2.01. The summed E-state index contributed by atoms with van der Waals surface area (Å²) in [4.78, 5) is -0.225. The monoisotopic (exact) mass is 216 g/mol. The molecule has 1 aromatic carbocycles. The quantitative estimate of drug-likeness (QED) is 0.776. The molecule has 0 fully saturated rings. The molecule has 0 saturated heterocycles. The van der Waals surface area contributed by atoms with Gasteiger partial charge in [-0.2, -0.15) is 0 Å². The number of halogens is 1. The maximum absolute atomic E-state index is 13.3. The minimum absolute atomic E-state index is 0.225. The summed E-state index contributed by atoms with van der Waals surface area (Å²) in [7, 11) is -3.44. The van der Waals surface area contributed by atoms with Crippen molar-refractivity contribution in [1.29, 1.82) is 0 Å². The molecule has 2 nitrogen and oxygen atoms in total. The van der Waals surface area contributed by atoms with E-state index in [1.807, 2.05) is 6.92 Å². The molecular formula is C10H13FO2S. The van der Waals surface area contributed by atoms with Gasteiger partial charge in [0.05, 0.1) is 0 Å². The van der Waals surface area contributed by atoms with E-state index < -0.39 is 15.7 Å². The van der Waals surface area contributed by atoms with Crippen LogP contribution in [0.15, 0.2) is 23.1 Å². The van der Waals surface area contributed by atoms with Gasteiger partial charge in [-0.15, -0.1) is 0 Å². The second-order valence-electron chi connectivity index (χ2n) is 3.29. The zero-order valence-corrected chi connectivity index (χ0v) is 9.07. The smallest absolute Gasteiger partial charge is 0.178 e. The predicted molar refractivity (Wildman–Crippen MR) is 53.5 cm³/mol. The molecule has 0 heterocycles. The van der Waals surface area contributed by atoms with Gasteiger partial charge < -0.3 is 0 Å². The molecule has 0 saturated carbocycles. The van der Waals surface area contributed by atoms with Gasteiger partial charge in [0.1, 0.15) is 10.7 Å². The summed E-state index contributed by atoms with van der Waals surface area (Å²) in [6, 6.07) is 4.28. The highest BCUT2D eigenvalue weighted by atomic mass is 32.2. The van der Waals surface area contributed by atoms with Gasteiger partial charge in [0.15, 0.2) is 9.84 Å². The second kappa shape index (κ2) is 4.09. The van der Waals surface area contributed by atoms with Crippen molar-refractivity contribution in [3.05, 3.63) is 29.6 Å². The first-order valence-corrected chi connectivity index (χ1v) is 6.32. The summed E-state index contributed by atoms with van der Waals surface area (Å²) in [6.07, 6.45) is 2.68. The third kappa shape index (κ3) is 2.54. The average molecular weight is 216 g/mol. The molecule has 0 N–H and O–H groups in total. The Kier molecular flexibility index (Phi) is 3.26. The normalized spacial score (nSPS) is 11.6. The van der Waals surface area contributed by atoms with Crippen LogP contribution in [0.4, 0.5) is 4.39 Å². The maximum atomic E-state index is 13.3. The van der Waals surface area contributed by atoms with E-state index >= 15 is 0 Å². The number of benzene rings is 1. The van der Waals surface area contributed by atoms with Gasteiger partial charge in [-0.05, 0) is 24.1 Å². The van der Waals surface area contributed by atoms with Crippen LogP contribution in [0.5, 0.6) is 0 Å². The van der Waals surface area contributed by atoms with Crippen molar-refractivity contribution in [2.24, 2.45) is 0 Å². The van der Waals surface area contributed by atoms with Crippen LogP contribution in [0.3, 0.4) is 0 Å². The van der Waals surface area contributed by atoms with Crippen LogP contribution in [0.2, 0.25) is 0 Å². The van der Waals surface area contributed by atoms with E-state index in [2.05, 4.69) is 0 Å². The van der Waals surface area contributed by atoms with E-state index in [-0.39, 0.29) is 4.90 Å². The van der Waals surface area contributed by atoms with Crippen LogP contribution < -0.4 is 0 Å². The lowest BCUT2D eigenvalue weighted by Gasteiger charge is -2.03. The number of rotatable bonds is 3. The van der Waals surface area contributed by atoms with Crippen LogP contribution in [0.25, 0.3) is 0 Å². The van der Waals surface area contributed by atoms with Crippen LogP contribution >= 0.6 is 0 Å². The van der Waals surface area contributed by atoms with Crippen molar-refractivity contribution < 1.29 is 12.8 Å². The molecule has 0 spiro atoms. The van der Waals surface area contributed by atoms with E-state index in [1.54, 1.807) is 6.07 Å². The Morgan fingerprint density at radius 2 is 2.00 bits per heavy atom. The van der Waals surface area contributed by atoms with Crippen molar-refractivity contribution >= 4 is 9.84 Å². The molecule has 0 aliphatic carbocycles. The topological polar surface area (TPSA) is 34.1 Å². The summed E-state index contributed by atoms with van der Waals surface area (Å²) < 4.78 is 35.5. The molecule has 1 aromatic rings. The predicted octanol–water partition coefficient (Wildman–Crippen LogP) is 2.18. The van der Waals surface area contributed by atoms with E-state index in [0.29, 0.717) is 0 Å². The first kappa shape index (κ1) is 11.2. The van der Waals surface area contributed by atoms with E-state index in [1.165, 1.54) is 12.1 Å². The Morgan fingerprint density at radius 1 is 1.36 bits per heavy atom. The fourth-order valence-electron chi connectivity index (χ4n) is 1.29. The summed E-state index contributed by atoms with van der Waals surface area (Å²) in [5.41, 5.74) is 0.831. The highest BCUT2D eigenvalue weighted by molar-refractivity contribution is 7.90. The van der Waals surface area contributed by atoms with Crippen molar-refractivity contribution in [1.82, 2.24) is 0 Å². The first-order chi connectivity index (χ1) is 6.45. The lowest BCUT2D eigenvalue weighted by atomic mass is 10.1. The van der Waals surface area contributed by atoms with Gasteiger partial charge in [-0.1, -0.05) is 19.4 Å². The largest absolute Gasteiger partial charge is 0.224 e. The molecule has 0 bridgehead atoms. The molecule has 4 heteroatoms. The SMILES string of the molecule is CCCc1ccc(S(C)(=O)=O)c(F)c1. The molecule has 14 heavy (non-hydrogen) atoms. The fraction of sp³-hybridized carbons (Fsp3) is 0.400. The highest BCUT2D eigenvalue weighted by Crippen LogP contribution is 2.16. The molecule has 0 atom stereocenters. The summed E-state index contributed by atoms with van der Waals surface area (Å²) in [5.74, 6) is -0.654. The van der Waals surface area contributed by atoms with Crippen LogP contribution in [-0.4, -0.2) is 14.7 Å². The van der Waals surface area contributed by atoms with Crippen LogP contribution in [-0.2, 0) is 16.3 Å². The van der Waals surface area contributed by atoms with E-state index in [4.69, 9.17) is 0 Å². The molecule has 0 aromatic heterocycles. The summed E-state index contributed by atoms with van der Waals surface area (Å²) >= 11 is 0. The number of hydrogen-bond acceptors (Lipinski definition) is 2. The third-order valence-corrected chi connectivity index (χ3v) is 3.06. The molecule has 1 rings (SSSR count). The molecule has 0 amide bonds. The molecular weight excluding hydrogens is 203 g/mol. The maximum Gasteiger partial charge on any atom is 0.178 e. The van der Waals surface area contributed by atoms with Crippen molar-refractivity contribution in [2.45, 2.75) is 24.7 Å². The molecule has 0 unspecified atom stereocenters. The number of aryl methyl sites for hydroxylation is 1. The first-order valence-electron chi connectivity index (χ1n) is 4.43. The molecule has 0 aliphatic heterocycles. The lowest BCUT2D eigenvalue weighted by molar-refractivity contribution is 0.569. The fourth-order valence-corrected chi connectivity index (χ4v) is 2.02. The highest BCUT2D eigenvalue weighted by Gasteiger charge is 2.13. The third-order valence-electron chi connectivity index (χ3n) is 1.93. The minimum Gasteiger partial charge on any atom is -0.224 e. The van der Waals surface area contributed by atoms with E-state index in [0.717, 1.165) is 24.7 Å². The second-order valence-corrected chi connectivity index (χ2v) is 5.27. The van der Waals surface area contributed by atoms with Gasteiger partial charge in [0.2, 0.25) is 0 Å². The van der Waals surface area contributed by atoms with Gasteiger partial charge in [0.25, 0.3) is 0 Å². The Hall–Kier alpha value is -0.900. The van der Waals surface area contributed by atoms with Crippen molar-refractivity contribution in [3.8, 4) is 0 Å². The van der Waals surface area contributed by atoms with Crippen LogP contribution in [0, 0.1) is 5.82 Å². The summed E-state index contributed by atoms with van der Waals surface area (Å²) in [6.45, 7) is 1.99. The minimum atomic E-state index is -3.44. The van der Waals surface area contributed by atoms with Crippen molar-refractivity contribution in [3.63, 3.8) is 0 Å². The van der Waals surface area contributed by atoms with Crippen molar-refractivity contribution in [2.75, 3.05) is 6.26 Å². The summed E-state index contributed by atoms with van der Waals surface area (Å²) in [5, 5.41) is 0. The number of sulfone groups is 1.